The predicted molar refractivity (Wildman–Crippen MR) is 141 cm³/mol. The maximum atomic E-state index is 13.1. The van der Waals surface area contributed by atoms with Gasteiger partial charge in [0.15, 0.2) is 0 Å². The van der Waals surface area contributed by atoms with Crippen LogP contribution >= 0.6 is 0 Å². The van der Waals surface area contributed by atoms with Gasteiger partial charge in [-0.15, -0.1) is 0 Å². The van der Waals surface area contributed by atoms with Crippen molar-refractivity contribution >= 4 is 5.78 Å². The Hall–Kier alpha value is -0.590. The Morgan fingerprint density at radius 1 is 0.706 bits per heavy atom. The summed E-state index contributed by atoms with van der Waals surface area (Å²) in [4.78, 5) is 13.1. The van der Waals surface area contributed by atoms with E-state index < -0.39 is 0 Å². The number of rotatable bonds is 1. The Morgan fingerprint density at radius 3 is 1.88 bits per heavy atom. The summed E-state index contributed by atoms with van der Waals surface area (Å²) in [6, 6.07) is 0. The quantitative estimate of drug-likeness (QED) is 0.353. The van der Waals surface area contributed by atoms with Crippen LogP contribution in [0.2, 0.25) is 0 Å². The topological polar surface area (TPSA) is 17.1 Å². The van der Waals surface area contributed by atoms with Gasteiger partial charge in [-0.05, 0) is 120 Å². The summed E-state index contributed by atoms with van der Waals surface area (Å²) < 4.78 is 0. The van der Waals surface area contributed by atoms with Crippen molar-refractivity contribution in [2.24, 2.45) is 54.7 Å². The van der Waals surface area contributed by atoms with E-state index in [1.807, 2.05) is 0 Å². The minimum absolute atomic E-state index is 0.0282. The summed E-state index contributed by atoms with van der Waals surface area (Å²) in [5, 5.41) is 0. The number of fused-ring (bicyclic) bond motifs is 6. The highest BCUT2D eigenvalue weighted by Crippen LogP contribution is 2.92. The summed E-state index contributed by atoms with van der Waals surface area (Å²) in [5.74, 6) is 1.24. The molecule has 1 spiro atoms. The monoisotopic (exact) mass is 464 g/mol. The van der Waals surface area contributed by atoms with Crippen LogP contribution in [0.4, 0.5) is 0 Å². The van der Waals surface area contributed by atoms with Crippen LogP contribution in [0.1, 0.15) is 133 Å². The first-order valence-corrected chi connectivity index (χ1v) is 14.7. The fraction of sp³-hybridized carbons (Fsp3) is 0.909. The number of ketones is 1. The van der Waals surface area contributed by atoms with E-state index in [1.165, 1.54) is 63.4 Å². The molecule has 0 bridgehead atoms. The van der Waals surface area contributed by atoms with E-state index in [9.17, 15) is 4.79 Å². The van der Waals surface area contributed by atoms with E-state index in [0.717, 1.165) is 12.8 Å². The molecule has 0 N–H and O–H groups in total. The van der Waals surface area contributed by atoms with E-state index >= 15 is 0 Å². The van der Waals surface area contributed by atoms with Crippen LogP contribution in [0.3, 0.4) is 0 Å². The number of carbonyl (C=O) groups excluding carboxylic acids is 1. The number of carbonyl (C=O) groups is 1. The van der Waals surface area contributed by atoms with Gasteiger partial charge in [-0.3, -0.25) is 4.79 Å². The molecule has 0 aromatic rings. The van der Waals surface area contributed by atoms with Crippen LogP contribution in [0.15, 0.2) is 12.2 Å². The van der Waals surface area contributed by atoms with Crippen molar-refractivity contribution in [3.8, 4) is 0 Å². The highest BCUT2D eigenvalue weighted by molar-refractivity contribution is 5.90. The molecule has 0 aromatic carbocycles. The van der Waals surface area contributed by atoms with Gasteiger partial charge in [-0.1, -0.05) is 67.5 Å². The fourth-order valence-corrected chi connectivity index (χ4v) is 13.7. The Kier molecular flexibility index (Phi) is 4.15. The summed E-state index contributed by atoms with van der Waals surface area (Å²) in [5.41, 5.74) is 3.95. The second kappa shape index (κ2) is 5.93. The first-order valence-electron chi connectivity index (χ1n) is 14.7. The number of hydrogen-bond donors (Lipinski definition) is 0. The molecular weight excluding hydrogens is 412 g/mol. The van der Waals surface area contributed by atoms with Crippen LogP contribution in [-0.2, 0) is 4.79 Å². The average molecular weight is 465 g/mol. The minimum atomic E-state index is -0.0282. The third kappa shape index (κ3) is 1.88. The van der Waals surface area contributed by atoms with Crippen molar-refractivity contribution in [3.63, 3.8) is 0 Å². The molecule has 6 aliphatic rings. The van der Waals surface area contributed by atoms with Crippen LogP contribution in [0.25, 0.3) is 0 Å². The number of allylic oxidation sites excluding steroid dienone is 1. The predicted octanol–water partition coefficient (Wildman–Crippen LogP) is 9.16. The molecule has 0 saturated heterocycles. The van der Waals surface area contributed by atoms with Gasteiger partial charge in [-0.2, -0.15) is 0 Å². The second-order valence-electron chi connectivity index (χ2n) is 16.4. The molecule has 0 aliphatic heterocycles. The van der Waals surface area contributed by atoms with E-state index in [1.54, 1.807) is 0 Å². The molecule has 0 aromatic heterocycles. The first kappa shape index (κ1) is 23.8. The molecule has 6 rings (SSSR count). The molecule has 1 nitrogen and oxygen atoms in total. The van der Waals surface area contributed by atoms with Gasteiger partial charge in [0.25, 0.3) is 0 Å². The van der Waals surface area contributed by atoms with Crippen LogP contribution in [0.5, 0.6) is 0 Å². The summed E-state index contributed by atoms with van der Waals surface area (Å²) in [6.45, 7) is 28.2. The average Bonchev–Trinajstić information content (AvgIpc) is 3.31. The van der Waals surface area contributed by atoms with E-state index in [2.05, 4.69) is 68.9 Å². The lowest BCUT2D eigenvalue weighted by molar-refractivity contribution is -0.324. The van der Waals surface area contributed by atoms with Crippen molar-refractivity contribution in [2.75, 3.05) is 0 Å². The van der Waals surface area contributed by atoms with Crippen LogP contribution in [0, 0.1) is 54.7 Å². The largest absolute Gasteiger partial charge is 0.299 e. The fourth-order valence-electron chi connectivity index (χ4n) is 13.7. The van der Waals surface area contributed by atoms with Crippen molar-refractivity contribution in [1.82, 2.24) is 0 Å². The van der Waals surface area contributed by atoms with Gasteiger partial charge in [0.05, 0.1) is 0 Å². The smallest absolute Gasteiger partial charge is 0.139 e. The van der Waals surface area contributed by atoms with E-state index in [-0.39, 0.29) is 16.2 Å². The number of hydrogen-bond acceptors (Lipinski definition) is 1. The highest BCUT2D eigenvalue weighted by atomic mass is 16.1. The van der Waals surface area contributed by atoms with Crippen molar-refractivity contribution < 1.29 is 4.79 Å². The minimum Gasteiger partial charge on any atom is -0.299 e. The molecule has 0 radical (unpaired) electrons. The molecule has 0 amide bonds. The molecule has 6 saturated carbocycles. The van der Waals surface area contributed by atoms with Crippen molar-refractivity contribution in [1.29, 1.82) is 0 Å². The van der Waals surface area contributed by atoms with Crippen LogP contribution < -0.4 is 0 Å². The number of Topliss-reactive ketones (excluding diaryl/α,β-unsaturated/α-hetero) is 1. The summed E-state index contributed by atoms with van der Waals surface area (Å²) in [7, 11) is 0. The Balaban J connectivity index is 1.52. The molecular formula is C33H52O. The SMILES string of the molecule is C=C(C)[C@@H]1CCC2(C)CC[C@]3(C)C(C)(CC[C@]4(C)C5(C)CCC(=O)[C@@]6(C)CC56CCC34C)C12C. The first-order chi connectivity index (χ1) is 15.5. The lowest BCUT2D eigenvalue weighted by Gasteiger charge is -2.81. The van der Waals surface area contributed by atoms with Gasteiger partial charge in [0, 0.05) is 11.8 Å². The Bertz CT molecular complexity index is 1010. The molecule has 190 valence electrons. The maximum Gasteiger partial charge on any atom is 0.139 e. The molecule has 0 heterocycles. The van der Waals surface area contributed by atoms with Gasteiger partial charge in [-0.25, -0.2) is 0 Å². The lowest BCUT2D eigenvalue weighted by atomic mass is 9.23. The van der Waals surface area contributed by atoms with Crippen molar-refractivity contribution in [3.05, 3.63) is 12.2 Å². The standard InChI is InChI=1S/C33H52O/c1-22(2)23-11-13-25(3)15-16-28(6)27(5)19-20-33-21-26(33,4)24(34)12-14-31(33,9)29(27,7)17-18-30(28,8)32(23,25)10/h23H,1,11-21H2,2-10H3/t23-,25?,26+,27?,28-,29-,30?,31?,32?,33?/m0/s1. The molecule has 1 heteroatoms. The van der Waals surface area contributed by atoms with E-state index in [4.69, 9.17) is 0 Å². The Morgan fingerprint density at radius 2 is 1.24 bits per heavy atom. The zero-order valence-electron chi connectivity index (χ0n) is 24.0. The molecule has 6 fully saturated rings. The molecule has 10 atom stereocenters. The van der Waals surface area contributed by atoms with Gasteiger partial charge >= 0.3 is 0 Å². The molecule has 6 aliphatic carbocycles. The second-order valence-corrected chi connectivity index (χ2v) is 16.4. The van der Waals surface area contributed by atoms with Crippen LogP contribution in [-0.4, -0.2) is 5.78 Å². The Labute approximate surface area is 210 Å². The normalized spacial score (nSPS) is 64.3. The zero-order valence-corrected chi connectivity index (χ0v) is 24.0. The lowest BCUT2D eigenvalue weighted by Crippen LogP contribution is -2.74. The van der Waals surface area contributed by atoms with Gasteiger partial charge < -0.3 is 0 Å². The maximum absolute atomic E-state index is 13.1. The summed E-state index contributed by atoms with van der Waals surface area (Å²) >= 11 is 0. The summed E-state index contributed by atoms with van der Waals surface area (Å²) in [6.07, 6.45) is 13.9. The third-order valence-electron chi connectivity index (χ3n) is 17.0. The van der Waals surface area contributed by atoms with Gasteiger partial charge in [0.1, 0.15) is 5.78 Å². The molecule has 34 heavy (non-hydrogen) atoms. The van der Waals surface area contributed by atoms with E-state index in [0.29, 0.717) is 44.2 Å². The molecule has 6 unspecified atom stereocenters. The zero-order chi connectivity index (χ0) is 25.0. The highest BCUT2D eigenvalue weighted by Gasteiger charge is 2.86. The van der Waals surface area contributed by atoms with Crippen molar-refractivity contribution in [2.45, 2.75) is 133 Å². The third-order valence-corrected chi connectivity index (χ3v) is 17.0. The van der Waals surface area contributed by atoms with Gasteiger partial charge in [0.2, 0.25) is 0 Å².